The van der Waals surface area contributed by atoms with Crippen molar-refractivity contribution in [1.82, 2.24) is 0 Å². The third-order valence-corrected chi connectivity index (χ3v) is 2.13. The standard InChI is InChI=1S/C9H7ClF2O3/c1-15-9(14)8(13)4-2-3-5(11)6(10)7(4)12/h2-3,8,13H,1H3. The first-order valence-electron chi connectivity index (χ1n) is 3.88. The second-order valence-electron chi connectivity index (χ2n) is 2.69. The normalized spacial score (nSPS) is 12.3. The summed E-state index contributed by atoms with van der Waals surface area (Å²) < 4.78 is 30.2. The summed E-state index contributed by atoms with van der Waals surface area (Å²) in [6, 6.07) is 1.78. The molecule has 6 heteroatoms. The summed E-state index contributed by atoms with van der Waals surface area (Å²) in [5.41, 5.74) is -0.423. The van der Waals surface area contributed by atoms with Crippen molar-refractivity contribution in [2.75, 3.05) is 7.11 Å². The molecule has 0 aliphatic heterocycles. The molecule has 1 aromatic rings. The number of hydrogen-bond donors (Lipinski definition) is 1. The molecular formula is C9H7ClF2O3. The van der Waals surface area contributed by atoms with E-state index in [1.54, 1.807) is 0 Å². The molecule has 1 aromatic carbocycles. The van der Waals surface area contributed by atoms with Crippen LogP contribution in [0.5, 0.6) is 0 Å². The lowest BCUT2D eigenvalue weighted by Crippen LogP contribution is -2.15. The highest BCUT2D eigenvalue weighted by atomic mass is 35.5. The molecule has 1 atom stereocenters. The molecule has 0 bridgehead atoms. The molecule has 0 aliphatic carbocycles. The fourth-order valence-corrected chi connectivity index (χ4v) is 1.16. The fraction of sp³-hybridized carbons (Fsp3) is 0.222. The average Bonchev–Trinajstić information content (AvgIpc) is 2.24. The maximum Gasteiger partial charge on any atom is 0.339 e. The molecule has 15 heavy (non-hydrogen) atoms. The van der Waals surface area contributed by atoms with Crippen LogP contribution in [-0.4, -0.2) is 18.2 Å². The van der Waals surface area contributed by atoms with Gasteiger partial charge in [-0.2, -0.15) is 0 Å². The first kappa shape index (κ1) is 11.9. The second-order valence-corrected chi connectivity index (χ2v) is 3.07. The number of hydrogen-bond acceptors (Lipinski definition) is 3. The van der Waals surface area contributed by atoms with Gasteiger partial charge in [0.05, 0.1) is 7.11 Å². The minimum absolute atomic E-state index is 0.423. The van der Waals surface area contributed by atoms with Crippen molar-refractivity contribution >= 4 is 17.6 Å². The van der Waals surface area contributed by atoms with Crippen molar-refractivity contribution in [2.45, 2.75) is 6.10 Å². The molecule has 1 unspecified atom stereocenters. The number of carbonyl (C=O) groups is 1. The van der Waals surface area contributed by atoms with Crippen LogP contribution in [-0.2, 0) is 9.53 Å². The summed E-state index contributed by atoms with van der Waals surface area (Å²) in [6.07, 6.45) is -1.81. The monoisotopic (exact) mass is 236 g/mol. The Balaban J connectivity index is 3.16. The Morgan fingerprint density at radius 3 is 2.67 bits per heavy atom. The molecule has 3 nitrogen and oxygen atoms in total. The summed E-state index contributed by atoms with van der Waals surface area (Å²) in [6.45, 7) is 0. The molecule has 0 aromatic heterocycles. The minimum atomic E-state index is -1.81. The van der Waals surface area contributed by atoms with Crippen LogP contribution < -0.4 is 0 Å². The largest absolute Gasteiger partial charge is 0.467 e. The summed E-state index contributed by atoms with van der Waals surface area (Å²) in [5, 5.41) is 8.52. The predicted octanol–water partition coefficient (Wildman–Crippen LogP) is 1.82. The number of carbonyl (C=O) groups excluding carboxylic acids is 1. The molecule has 0 fully saturated rings. The number of rotatable bonds is 2. The Hall–Kier alpha value is -1.20. The van der Waals surface area contributed by atoms with E-state index >= 15 is 0 Å². The van der Waals surface area contributed by atoms with Crippen LogP contribution in [0.1, 0.15) is 11.7 Å². The average molecular weight is 237 g/mol. The number of methoxy groups -OCH3 is 1. The van der Waals surface area contributed by atoms with Gasteiger partial charge in [0.15, 0.2) is 11.9 Å². The first-order valence-corrected chi connectivity index (χ1v) is 4.26. The third-order valence-electron chi connectivity index (χ3n) is 1.78. The van der Waals surface area contributed by atoms with E-state index in [9.17, 15) is 18.7 Å². The van der Waals surface area contributed by atoms with Crippen LogP contribution in [0.3, 0.4) is 0 Å². The van der Waals surface area contributed by atoms with E-state index in [2.05, 4.69) is 4.74 Å². The van der Waals surface area contributed by atoms with Crippen molar-refractivity contribution in [3.8, 4) is 0 Å². The Morgan fingerprint density at radius 1 is 1.53 bits per heavy atom. The van der Waals surface area contributed by atoms with Gasteiger partial charge in [0.1, 0.15) is 10.8 Å². The van der Waals surface area contributed by atoms with Crippen LogP contribution >= 0.6 is 11.6 Å². The van der Waals surface area contributed by atoms with Gasteiger partial charge < -0.3 is 9.84 Å². The number of esters is 1. The van der Waals surface area contributed by atoms with E-state index in [1.165, 1.54) is 0 Å². The van der Waals surface area contributed by atoms with Crippen LogP contribution in [0, 0.1) is 11.6 Å². The highest BCUT2D eigenvalue weighted by Gasteiger charge is 2.24. The summed E-state index contributed by atoms with van der Waals surface area (Å²) in [7, 11) is 1.04. The predicted molar refractivity (Wildman–Crippen MR) is 48.3 cm³/mol. The van der Waals surface area contributed by atoms with E-state index in [1.807, 2.05) is 0 Å². The number of aliphatic hydroxyl groups excluding tert-OH is 1. The number of benzene rings is 1. The van der Waals surface area contributed by atoms with E-state index in [0.717, 1.165) is 19.2 Å². The van der Waals surface area contributed by atoms with Crippen molar-refractivity contribution in [1.29, 1.82) is 0 Å². The molecule has 82 valence electrons. The molecule has 0 radical (unpaired) electrons. The van der Waals surface area contributed by atoms with Gasteiger partial charge in [0, 0.05) is 5.56 Å². The van der Waals surface area contributed by atoms with Crippen LogP contribution in [0.25, 0.3) is 0 Å². The highest BCUT2D eigenvalue weighted by Crippen LogP contribution is 2.26. The SMILES string of the molecule is COC(=O)C(O)c1ccc(F)c(Cl)c1F. The zero-order valence-electron chi connectivity index (χ0n) is 7.63. The molecule has 1 N–H and O–H groups in total. The molecule has 0 heterocycles. The maximum absolute atomic E-state index is 13.3. The lowest BCUT2D eigenvalue weighted by Gasteiger charge is -2.10. The topological polar surface area (TPSA) is 46.5 Å². The Kier molecular flexibility index (Phi) is 3.60. The smallest absolute Gasteiger partial charge is 0.339 e. The Bertz CT molecular complexity index is 395. The molecular weight excluding hydrogens is 230 g/mol. The van der Waals surface area contributed by atoms with Gasteiger partial charge in [0.2, 0.25) is 0 Å². The van der Waals surface area contributed by atoms with Gasteiger partial charge in [0.25, 0.3) is 0 Å². The summed E-state index contributed by atoms with van der Waals surface area (Å²) in [5.74, 6) is -3.18. The van der Waals surface area contributed by atoms with Gasteiger partial charge in [-0.15, -0.1) is 0 Å². The van der Waals surface area contributed by atoms with E-state index in [-0.39, 0.29) is 0 Å². The van der Waals surface area contributed by atoms with Crippen LogP contribution in [0.15, 0.2) is 12.1 Å². The van der Waals surface area contributed by atoms with Gasteiger partial charge >= 0.3 is 5.97 Å². The third kappa shape index (κ3) is 2.24. The summed E-state index contributed by atoms with van der Waals surface area (Å²) in [4.78, 5) is 10.9. The van der Waals surface area contributed by atoms with Gasteiger partial charge in [-0.25, -0.2) is 13.6 Å². The Labute approximate surface area is 89.2 Å². The molecule has 0 spiro atoms. The number of aliphatic hydroxyl groups is 1. The van der Waals surface area contributed by atoms with Gasteiger partial charge in [-0.05, 0) is 12.1 Å². The molecule has 0 saturated carbocycles. The van der Waals surface area contributed by atoms with Crippen molar-refractivity contribution in [3.05, 3.63) is 34.4 Å². The Morgan fingerprint density at radius 2 is 2.13 bits per heavy atom. The zero-order chi connectivity index (χ0) is 11.6. The van der Waals surface area contributed by atoms with Crippen LogP contribution in [0.2, 0.25) is 5.02 Å². The van der Waals surface area contributed by atoms with Gasteiger partial charge in [-0.1, -0.05) is 11.6 Å². The molecule has 1 rings (SSSR count). The lowest BCUT2D eigenvalue weighted by atomic mass is 10.1. The van der Waals surface area contributed by atoms with E-state index < -0.39 is 34.3 Å². The van der Waals surface area contributed by atoms with E-state index in [0.29, 0.717) is 0 Å². The maximum atomic E-state index is 13.3. The lowest BCUT2D eigenvalue weighted by molar-refractivity contribution is -0.150. The molecule has 0 aliphatic rings. The molecule has 0 saturated heterocycles. The highest BCUT2D eigenvalue weighted by molar-refractivity contribution is 6.31. The minimum Gasteiger partial charge on any atom is -0.467 e. The number of ether oxygens (including phenoxy) is 1. The van der Waals surface area contributed by atoms with Crippen LogP contribution in [0.4, 0.5) is 8.78 Å². The van der Waals surface area contributed by atoms with Crippen molar-refractivity contribution < 1.29 is 23.4 Å². The van der Waals surface area contributed by atoms with Crippen molar-refractivity contribution in [2.24, 2.45) is 0 Å². The zero-order valence-corrected chi connectivity index (χ0v) is 8.39. The molecule has 0 amide bonds. The fourth-order valence-electron chi connectivity index (χ4n) is 0.991. The van der Waals surface area contributed by atoms with Gasteiger partial charge in [-0.3, -0.25) is 0 Å². The van der Waals surface area contributed by atoms with Crippen molar-refractivity contribution in [3.63, 3.8) is 0 Å². The summed E-state index contributed by atoms with van der Waals surface area (Å²) >= 11 is 5.26. The van der Waals surface area contributed by atoms with E-state index in [4.69, 9.17) is 11.6 Å². The quantitative estimate of drug-likeness (QED) is 0.629. The second kappa shape index (κ2) is 4.55. The number of halogens is 3. The first-order chi connectivity index (χ1) is 6.99.